The molecule has 1 aromatic heterocycles. The molecular formula is C18H30N2O3. The third-order valence-electron chi connectivity index (χ3n) is 4.96. The van der Waals surface area contributed by atoms with Crippen LogP contribution in [0.3, 0.4) is 0 Å². The fraction of sp³-hybridized carbons (Fsp3) is 0.722. The molecule has 130 valence electrons. The van der Waals surface area contributed by atoms with E-state index in [2.05, 4.69) is 16.4 Å². The first-order valence-corrected chi connectivity index (χ1v) is 8.53. The molecule has 0 amide bonds. The van der Waals surface area contributed by atoms with Gasteiger partial charge in [0.05, 0.1) is 12.6 Å². The highest BCUT2D eigenvalue weighted by atomic mass is 16.5. The van der Waals surface area contributed by atoms with Gasteiger partial charge >= 0.3 is 0 Å². The molecule has 2 unspecified atom stereocenters. The Hall–Kier alpha value is -1.17. The Morgan fingerprint density at radius 3 is 2.83 bits per heavy atom. The zero-order chi connectivity index (χ0) is 17.0. The summed E-state index contributed by atoms with van der Waals surface area (Å²) < 4.78 is 7.31. The molecule has 1 fully saturated rings. The van der Waals surface area contributed by atoms with Crippen LogP contribution in [0.5, 0.6) is 0 Å². The van der Waals surface area contributed by atoms with Gasteiger partial charge in [0.25, 0.3) is 0 Å². The lowest BCUT2D eigenvalue weighted by atomic mass is 10.0. The normalized spacial score (nSPS) is 20.1. The third-order valence-corrected chi connectivity index (χ3v) is 4.96. The molecule has 1 aliphatic rings. The number of ketones is 1. The quantitative estimate of drug-likeness (QED) is 0.588. The van der Waals surface area contributed by atoms with E-state index >= 15 is 0 Å². The van der Waals surface area contributed by atoms with Gasteiger partial charge in [-0.25, -0.2) is 0 Å². The highest BCUT2D eigenvalue weighted by molar-refractivity contribution is 5.99. The van der Waals surface area contributed by atoms with E-state index in [9.17, 15) is 9.90 Å². The standard InChI is InChI=1S/C18H30N2O3/c1-13-10-17(14(2)20(13)7-5-9-23-4)18(22)12-19-8-6-16(11-19)15(3)21/h10,15-16,21H,5-9,11-12H2,1-4H3. The Labute approximate surface area is 139 Å². The summed E-state index contributed by atoms with van der Waals surface area (Å²) in [4.78, 5) is 14.8. The number of methoxy groups -OCH3 is 1. The molecule has 1 N–H and O–H groups in total. The van der Waals surface area contributed by atoms with Gasteiger partial charge in [-0.05, 0) is 52.1 Å². The van der Waals surface area contributed by atoms with E-state index in [1.54, 1.807) is 7.11 Å². The van der Waals surface area contributed by atoms with Crippen LogP contribution in [0, 0.1) is 19.8 Å². The first kappa shape index (κ1) is 18.2. The van der Waals surface area contributed by atoms with E-state index < -0.39 is 0 Å². The summed E-state index contributed by atoms with van der Waals surface area (Å²) in [5.74, 6) is 0.478. The maximum absolute atomic E-state index is 12.7. The first-order chi connectivity index (χ1) is 10.9. The molecular weight excluding hydrogens is 292 g/mol. The minimum Gasteiger partial charge on any atom is -0.393 e. The van der Waals surface area contributed by atoms with Gasteiger partial charge in [0, 0.05) is 43.8 Å². The Bertz CT molecular complexity index is 537. The van der Waals surface area contributed by atoms with Gasteiger partial charge in [-0.1, -0.05) is 0 Å². The van der Waals surface area contributed by atoms with Crippen LogP contribution >= 0.6 is 0 Å². The fourth-order valence-electron chi connectivity index (χ4n) is 3.48. The zero-order valence-electron chi connectivity index (χ0n) is 14.8. The van der Waals surface area contributed by atoms with Gasteiger partial charge in [-0.2, -0.15) is 0 Å². The second-order valence-corrected chi connectivity index (χ2v) is 6.73. The van der Waals surface area contributed by atoms with E-state index in [0.29, 0.717) is 12.5 Å². The van der Waals surface area contributed by atoms with Crippen molar-refractivity contribution in [2.45, 2.75) is 46.3 Å². The Morgan fingerprint density at radius 2 is 2.22 bits per heavy atom. The Balaban J connectivity index is 1.98. The topological polar surface area (TPSA) is 54.7 Å². The largest absolute Gasteiger partial charge is 0.393 e. The van der Waals surface area contributed by atoms with Crippen molar-refractivity contribution in [2.24, 2.45) is 5.92 Å². The molecule has 2 heterocycles. The number of ether oxygens (including phenoxy) is 1. The molecule has 23 heavy (non-hydrogen) atoms. The van der Waals surface area contributed by atoms with Crippen molar-refractivity contribution in [1.29, 1.82) is 0 Å². The van der Waals surface area contributed by atoms with Gasteiger partial charge in [0.1, 0.15) is 0 Å². The highest BCUT2D eigenvalue weighted by Crippen LogP contribution is 2.21. The van der Waals surface area contributed by atoms with Crippen LogP contribution in [-0.2, 0) is 11.3 Å². The number of aliphatic hydroxyl groups excluding tert-OH is 1. The van der Waals surface area contributed by atoms with Crippen LogP contribution in [0.4, 0.5) is 0 Å². The smallest absolute Gasteiger partial charge is 0.178 e. The summed E-state index contributed by atoms with van der Waals surface area (Å²) in [5.41, 5.74) is 3.01. The number of Topliss-reactive ketones (excluding diaryl/α,β-unsaturated/α-hetero) is 1. The van der Waals surface area contributed by atoms with E-state index in [-0.39, 0.29) is 11.9 Å². The molecule has 0 aromatic carbocycles. The molecule has 1 saturated heterocycles. The zero-order valence-corrected chi connectivity index (χ0v) is 14.8. The predicted octanol–water partition coefficient (Wildman–Crippen LogP) is 2.03. The molecule has 0 aliphatic carbocycles. The molecule has 0 radical (unpaired) electrons. The lowest BCUT2D eigenvalue weighted by Crippen LogP contribution is -2.29. The predicted molar refractivity (Wildman–Crippen MR) is 91.0 cm³/mol. The van der Waals surface area contributed by atoms with Crippen molar-refractivity contribution in [3.8, 4) is 0 Å². The summed E-state index contributed by atoms with van der Waals surface area (Å²) in [6.07, 6.45) is 1.63. The molecule has 1 aliphatic heterocycles. The van der Waals surface area contributed by atoms with Gasteiger partial charge in [-0.15, -0.1) is 0 Å². The Morgan fingerprint density at radius 1 is 1.48 bits per heavy atom. The van der Waals surface area contributed by atoms with Crippen molar-refractivity contribution in [3.63, 3.8) is 0 Å². The minimum absolute atomic E-state index is 0.183. The number of hydrogen-bond acceptors (Lipinski definition) is 4. The summed E-state index contributed by atoms with van der Waals surface area (Å²) in [7, 11) is 1.71. The van der Waals surface area contributed by atoms with E-state index in [0.717, 1.165) is 56.0 Å². The van der Waals surface area contributed by atoms with E-state index in [4.69, 9.17) is 4.74 Å². The van der Waals surface area contributed by atoms with Crippen LogP contribution in [0.2, 0.25) is 0 Å². The first-order valence-electron chi connectivity index (χ1n) is 8.53. The van der Waals surface area contributed by atoms with Crippen molar-refractivity contribution < 1.29 is 14.6 Å². The maximum atomic E-state index is 12.7. The average Bonchev–Trinajstić information content (AvgIpc) is 3.06. The fourth-order valence-corrected chi connectivity index (χ4v) is 3.48. The minimum atomic E-state index is -0.291. The van der Waals surface area contributed by atoms with Gasteiger partial charge in [-0.3, -0.25) is 9.69 Å². The van der Waals surface area contributed by atoms with Crippen LogP contribution in [0.15, 0.2) is 6.07 Å². The number of likely N-dealkylation sites (tertiary alicyclic amines) is 1. The number of hydrogen-bond donors (Lipinski definition) is 1. The number of carbonyl (C=O) groups excluding carboxylic acids is 1. The van der Waals surface area contributed by atoms with Crippen molar-refractivity contribution in [1.82, 2.24) is 9.47 Å². The molecule has 0 bridgehead atoms. The molecule has 5 nitrogen and oxygen atoms in total. The number of rotatable bonds is 8. The molecule has 0 saturated carbocycles. The monoisotopic (exact) mass is 322 g/mol. The number of aromatic nitrogens is 1. The van der Waals surface area contributed by atoms with Crippen molar-refractivity contribution in [3.05, 3.63) is 23.0 Å². The van der Waals surface area contributed by atoms with Crippen LogP contribution in [-0.4, -0.2) is 59.8 Å². The SMILES string of the molecule is COCCCn1c(C)cc(C(=O)CN2CCC(C(C)O)C2)c1C. The van der Waals surface area contributed by atoms with Gasteiger partial charge in [0.15, 0.2) is 5.78 Å². The molecule has 5 heteroatoms. The number of aryl methyl sites for hydroxylation is 1. The molecule has 2 rings (SSSR count). The lowest BCUT2D eigenvalue weighted by molar-refractivity contribution is 0.0925. The summed E-state index contributed by atoms with van der Waals surface area (Å²) in [6.45, 7) is 9.69. The van der Waals surface area contributed by atoms with Gasteiger partial charge < -0.3 is 14.4 Å². The number of carbonyl (C=O) groups is 1. The van der Waals surface area contributed by atoms with Crippen LogP contribution in [0.25, 0.3) is 0 Å². The van der Waals surface area contributed by atoms with Crippen LogP contribution < -0.4 is 0 Å². The summed E-state index contributed by atoms with van der Waals surface area (Å²) in [6, 6.07) is 2.01. The molecule has 2 atom stereocenters. The Kier molecular flexibility index (Phi) is 6.39. The number of aliphatic hydroxyl groups is 1. The summed E-state index contributed by atoms with van der Waals surface area (Å²) in [5, 5.41) is 9.68. The van der Waals surface area contributed by atoms with Gasteiger partial charge in [0.2, 0.25) is 0 Å². The second-order valence-electron chi connectivity index (χ2n) is 6.73. The second kappa shape index (κ2) is 8.08. The molecule has 0 spiro atoms. The van der Waals surface area contributed by atoms with Crippen LogP contribution in [0.1, 0.15) is 41.5 Å². The third kappa shape index (κ3) is 4.43. The average molecular weight is 322 g/mol. The van der Waals surface area contributed by atoms with E-state index in [1.807, 2.05) is 19.9 Å². The highest BCUT2D eigenvalue weighted by Gasteiger charge is 2.28. The van der Waals surface area contributed by atoms with Crippen molar-refractivity contribution in [2.75, 3.05) is 33.4 Å². The molecule has 1 aromatic rings. The van der Waals surface area contributed by atoms with E-state index in [1.165, 1.54) is 0 Å². The van der Waals surface area contributed by atoms with Crippen molar-refractivity contribution >= 4 is 5.78 Å². The maximum Gasteiger partial charge on any atom is 0.178 e. The lowest BCUT2D eigenvalue weighted by Gasteiger charge is -2.16. The summed E-state index contributed by atoms with van der Waals surface area (Å²) >= 11 is 0. The number of nitrogens with zero attached hydrogens (tertiary/aromatic N) is 2.